The van der Waals surface area contributed by atoms with Crippen LogP contribution >= 0.6 is 11.8 Å². The van der Waals surface area contributed by atoms with Crippen LogP contribution in [-0.4, -0.2) is 15.0 Å². The van der Waals surface area contributed by atoms with E-state index >= 15 is 0 Å². The first-order valence-corrected chi connectivity index (χ1v) is 21.9. The third-order valence-corrected chi connectivity index (χ3v) is 14.2. The van der Waals surface area contributed by atoms with Crippen molar-refractivity contribution in [1.82, 2.24) is 15.0 Å². The Hall–Kier alpha value is -7.66. The molecule has 0 N–H and O–H groups in total. The van der Waals surface area contributed by atoms with Gasteiger partial charge in [0.15, 0.2) is 17.5 Å². The topological polar surface area (TPSA) is 38.7 Å². The van der Waals surface area contributed by atoms with E-state index in [1.54, 1.807) is 0 Å². The zero-order valence-corrected chi connectivity index (χ0v) is 34.3. The number of aromatic nitrogens is 3. The highest BCUT2D eigenvalue weighted by atomic mass is 32.2. The quantitative estimate of drug-likeness (QED) is 0.166. The lowest BCUT2D eigenvalue weighted by Gasteiger charge is -2.40. The first-order chi connectivity index (χ1) is 30.7. The summed E-state index contributed by atoms with van der Waals surface area (Å²) in [5.74, 6) is 1.93. The van der Waals surface area contributed by atoms with E-state index in [2.05, 4.69) is 194 Å². The molecule has 1 aliphatic heterocycles. The molecular formula is C58H35N3S. The van der Waals surface area contributed by atoms with Crippen LogP contribution in [0.4, 0.5) is 0 Å². The van der Waals surface area contributed by atoms with Gasteiger partial charge in [-0.1, -0.05) is 212 Å². The number of benzene rings is 10. The van der Waals surface area contributed by atoms with Gasteiger partial charge in [0.25, 0.3) is 0 Å². The molecule has 0 atom stereocenters. The molecule has 1 aliphatic carbocycles. The molecule has 288 valence electrons. The Bertz CT molecular complexity index is 3530. The van der Waals surface area contributed by atoms with E-state index in [1.807, 2.05) is 30.0 Å². The minimum atomic E-state index is -0.419. The van der Waals surface area contributed by atoms with Crippen LogP contribution in [0.5, 0.6) is 0 Å². The van der Waals surface area contributed by atoms with Gasteiger partial charge in [-0.2, -0.15) is 0 Å². The Morgan fingerprint density at radius 2 is 0.726 bits per heavy atom. The maximum Gasteiger partial charge on any atom is 0.164 e. The average molecular weight is 806 g/mol. The summed E-state index contributed by atoms with van der Waals surface area (Å²) in [5, 5.41) is 7.35. The number of hydrogen-bond donors (Lipinski definition) is 0. The van der Waals surface area contributed by atoms with Crippen LogP contribution in [-0.2, 0) is 5.41 Å². The van der Waals surface area contributed by atoms with Gasteiger partial charge in [0, 0.05) is 26.5 Å². The van der Waals surface area contributed by atoms with Crippen molar-refractivity contribution in [3.05, 3.63) is 235 Å². The molecule has 0 saturated heterocycles. The Kier molecular flexibility index (Phi) is 7.75. The molecule has 0 bridgehead atoms. The van der Waals surface area contributed by atoms with Gasteiger partial charge in [-0.05, 0) is 89.0 Å². The summed E-state index contributed by atoms with van der Waals surface area (Å²) >= 11 is 1.88. The predicted molar refractivity (Wildman–Crippen MR) is 256 cm³/mol. The lowest BCUT2D eigenvalue weighted by atomic mass is 9.67. The summed E-state index contributed by atoms with van der Waals surface area (Å²) in [6.07, 6.45) is 0. The van der Waals surface area contributed by atoms with Crippen LogP contribution in [0.1, 0.15) is 22.3 Å². The van der Waals surface area contributed by atoms with E-state index in [1.165, 1.54) is 81.1 Å². The lowest BCUT2D eigenvalue weighted by molar-refractivity contribution is 0.723. The zero-order valence-electron chi connectivity index (χ0n) is 33.5. The Morgan fingerprint density at radius 1 is 0.290 bits per heavy atom. The average Bonchev–Trinajstić information content (AvgIpc) is 3.64. The van der Waals surface area contributed by atoms with Gasteiger partial charge in [-0.25, -0.2) is 15.0 Å². The van der Waals surface area contributed by atoms with Crippen molar-refractivity contribution in [2.24, 2.45) is 0 Å². The second-order valence-electron chi connectivity index (χ2n) is 16.2. The highest BCUT2D eigenvalue weighted by Gasteiger charge is 2.50. The van der Waals surface area contributed by atoms with Crippen molar-refractivity contribution in [2.75, 3.05) is 0 Å². The van der Waals surface area contributed by atoms with Crippen LogP contribution < -0.4 is 0 Å². The summed E-state index contributed by atoms with van der Waals surface area (Å²) in [6, 6.07) is 76.8. The van der Waals surface area contributed by atoms with Crippen LogP contribution in [0.25, 0.3) is 88.7 Å². The van der Waals surface area contributed by atoms with Crippen LogP contribution in [0.15, 0.2) is 222 Å². The van der Waals surface area contributed by atoms with Crippen molar-refractivity contribution >= 4 is 44.1 Å². The standard InChI is InChI=1S/C58H35N3S/c1-2-15-37(16-3-1)55-59-56(61-57(60-55)39-33-34-45-43-19-5-4-17-41(43)42-18-6-7-20-44(42)48(45)35-39)38-31-29-36(30-32-38)40-23-14-27-52-54(40)62-53-28-13-12-26-51(53)58(52)49-24-10-8-21-46(49)47-22-9-11-25-50(47)58/h1-35H. The summed E-state index contributed by atoms with van der Waals surface area (Å²) in [7, 11) is 0. The minimum absolute atomic E-state index is 0.419. The van der Waals surface area contributed by atoms with Gasteiger partial charge in [0.2, 0.25) is 0 Å². The van der Waals surface area contributed by atoms with Crippen molar-refractivity contribution < 1.29 is 0 Å². The van der Waals surface area contributed by atoms with Crippen LogP contribution in [0.3, 0.4) is 0 Å². The Labute approximate surface area is 363 Å². The SMILES string of the molecule is c1ccc(-c2nc(-c3ccc(-c4cccc5c4Sc4ccccc4C54c5ccccc5-c5ccccc54)cc3)nc(-c3ccc4c5ccccc5c5ccccc5c4c3)n2)cc1. The van der Waals surface area contributed by atoms with E-state index in [-0.39, 0.29) is 0 Å². The third kappa shape index (κ3) is 5.11. The molecule has 2 heterocycles. The van der Waals surface area contributed by atoms with E-state index in [0.717, 1.165) is 22.3 Å². The van der Waals surface area contributed by atoms with Crippen molar-refractivity contribution in [3.63, 3.8) is 0 Å². The molecule has 0 fully saturated rings. The monoisotopic (exact) mass is 805 g/mol. The second-order valence-corrected chi connectivity index (χ2v) is 17.3. The van der Waals surface area contributed by atoms with Gasteiger partial charge >= 0.3 is 0 Å². The Morgan fingerprint density at radius 3 is 1.37 bits per heavy atom. The second kappa shape index (κ2) is 13.7. The number of hydrogen-bond acceptors (Lipinski definition) is 4. The van der Waals surface area contributed by atoms with E-state index in [4.69, 9.17) is 15.0 Å². The van der Waals surface area contributed by atoms with Crippen molar-refractivity contribution in [1.29, 1.82) is 0 Å². The van der Waals surface area contributed by atoms with E-state index in [9.17, 15) is 0 Å². The fourth-order valence-corrected chi connectivity index (χ4v) is 11.6. The first-order valence-electron chi connectivity index (χ1n) is 21.1. The van der Waals surface area contributed by atoms with Crippen LogP contribution in [0, 0.1) is 0 Å². The van der Waals surface area contributed by atoms with Gasteiger partial charge in [-0.15, -0.1) is 0 Å². The van der Waals surface area contributed by atoms with Crippen molar-refractivity contribution in [2.45, 2.75) is 15.2 Å². The number of fused-ring (bicyclic) bond motifs is 15. The molecule has 0 amide bonds. The molecule has 2 aliphatic rings. The molecule has 10 aromatic carbocycles. The molecule has 11 aromatic rings. The maximum atomic E-state index is 5.21. The van der Waals surface area contributed by atoms with Crippen LogP contribution in [0.2, 0.25) is 0 Å². The van der Waals surface area contributed by atoms with Gasteiger partial charge in [0.1, 0.15) is 0 Å². The fraction of sp³-hybridized carbons (Fsp3) is 0.0172. The molecule has 62 heavy (non-hydrogen) atoms. The number of rotatable bonds is 4. The lowest BCUT2D eigenvalue weighted by Crippen LogP contribution is -2.32. The van der Waals surface area contributed by atoms with E-state index in [0.29, 0.717) is 17.5 Å². The van der Waals surface area contributed by atoms with Gasteiger partial charge in [0.05, 0.1) is 5.41 Å². The normalized spacial score (nSPS) is 13.2. The van der Waals surface area contributed by atoms with Crippen molar-refractivity contribution in [3.8, 4) is 56.4 Å². The maximum absolute atomic E-state index is 5.21. The highest BCUT2D eigenvalue weighted by Crippen LogP contribution is 2.63. The summed E-state index contributed by atoms with van der Waals surface area (Å²) in [4.78, 5) is 18.0. The molecular weight excluding hydrogens is 771 g/mol. The molecule has 4 heteroatoms. The molecule has 0 saturated carbocycles. The third-order valence-electron chi connectivity index (χ3n) is 13.0. The molecule has 0 radical (unpaired) electrons. The zero-order chi connectivity index (χ0) is 40.8. The molecule has 3 nitrogen and oxygen atoms in total. The number of nitrogens with zero attached hydrogens (tertiary/aromatic N) is 3. The smallest absolute Gasteiger partial charge is 0.164 e. The summed E-state index contributed by atoms with van der Waals surface area (Å²) in [6.45, 7) is 0. The molecule has 0 unspecified atom stereocenters. The summed E-state index contributed by atoms with van der Waals surface area (Å²) < 4.78 is 0. The minimum Gasteiger partial charge on any atom is -0.208 e. The van der Waals surface area contributed by atoms with Gasteiger partial charge < -0.3 is 0 Å². The molecule has 1 aromatic heterocycles. The Balaban J connectivity index is 0.955. The van der Waals surface area contributed by atoms with Gasteiger partial charge in [-0.3, -0.25) is 0 Å². The molecule has 1 spiro atoms. The fourth-order valence-electron chi connectivity index (χ4n) is 10.3. The van der Waals surface area contributed by atoms with E-state index < -0.39 is 5.41 Å². The predicted octanol–water partition coefficient (Wildman–Crippen LogP) is 14.8. The summed E-state index contributed by atoms with van der Waals surface area (Å²) in [5.41, 5.74) is 12.8. The first kappa shape index (κ1) is 35.1. The molecule has 13 rings (SSSR count). The highest BCUT2D eigenvalue weighted by molar-refractivity contribution is 7.99. The largest absolute Gasteiger partial charge is 0.208 e.